The van der Waals surface area contributed by atoms with Crippen LogP contribution in [0.1, 0.15) is 30.6 Å². The molecule has 1 unspecified atom stereocenters. The molecule has 0 aliphatic carbocycles. The number of carbonyl (C=O) groups excluding carboxylic acids is 1. The van der Waals surface area contributed by atoms with Gasteiger partial charge in [-0.05, 0) is 47.9 Å². The Hall–Kier alpha value is -2.53. The lowest BCUT2D eigenvalue weighted by atomic mass is 10.1. The molecule has 9 nitrogen and oxygen atoms in total. The van der Waals surface area contributed by atoms with E-state index in [9.17, 15) is 4.79 Å². The number of likely N-dealkylation sites (tertiary alicyclic amines) is 1. The van der Waals surface area contributed by atoms with Gasteiger partial charge >= 0.3 is 6.09 Å². The molecule has 1 aliphatic heterocycles. The van der Waals surface area contributed by atoms with Crippen LogP contribution in [0, 0.1) is 0 Å². The van der Waals surface area contributed by atoms with E-state index in [4.69, 9.17) is 4.74 Å². The van der Waals surface area contributed by atoms with Crippen LogP contribution < -0.4 is 4.74 Å². The van der Waals surface area contributed by atoms with Crippen molar-refractivity contribution in [1.29, 1.82) is 0 Å². The Bertz CT molecular complexity index is 954. The molecule has 158 valence electrons. The molecule has 3 heterocycles. The Kier molecular flexibility index (Phi) is 6.58. The lowest BCUT2D eigenvalue weighted by Crippen LogP contribution is -2.41. The second kappa shape index (κ2) is 9.52. The van der Waals surface area contributed by atoms with E-state index in [0.717, 1.165) is 28.7 Å². The predicted molar refractivity (Wildman–Crippen MR) is 115 cm³/mol. The summed E-state index contributed by atoms with van der Waals surface area (Å²) in [7, 11) is 1.83. The van der Waals surface area contributed by atoms with Crippen molar-refractivity contribution >= 4 is 29.6 Å². The minimum absolute atomic E-state index is 0.238. The van der Waals surface area contributed by atoms with Gasteiger partial charge in [0.15, 0.2) is 5.16 Å². The third-order valence-electron chi connectivity index (χ3n) is 4.87. The predicted octanol–water partition coefficient (Wildman–Crippen LogP) is 3.54. The summed E-state index contributed by atoms with van der Waals surface area (Å²) in [4.78, 5) is 21.6. The number of tetrazole rings is 1. The van der Waals surface area contributed by atoms with E-state index >= 15 is 0 Å². The average Bonchev–Trinajstić information content (AvgIpc) is 3.41. The molecule has 1 atom stereocenters. The highest BCUT2D eigenvalue weighted by Gasteiger charge is 2.26. The quantitative estimate of drug-likeness (QED) is 0.575. The van der Waals surface area contributed by atoms with Crippen LogP contribution in [0.25, 0.3) is 0 Å². The molecule has 1 saturated heterocycles. The summed E-state index contributed by atoms with van der Waals surface area (Å²) >= 11 is 3.31. The number of benzene rings is 1. The first-order valence-corrected chi connectivity index (χ1v) is 11.5. The van der Waals surface area contributed by atoms with E-state index in [-0.39, 0.29) is 11.3 Å². The highest BCUT2D eigenvalue weighted by atomic mass is 32.2. The number of nitrogens with one attached hydrogen (secondary N) is 1. The minimum atomic E-state index is -0.301. The number of hydrogen-bond acceptors (Lipinski definition) is 8. The number of nitrogens with zero attached hydrogens (tertiary/aromatic N) is 6. The molecule has 1 amide bonds. The van der Waals surface area contributed by atoms with Gasteiger partial charge in [-0.1, -0.05) is 35.7 Å². The van der Waals surface area contributed by atoms with Crippen LogP contribution in [0.2, 0.25) is 0 Å². The number of carbonyl (C=O) groups is 1. The first kappa shape index (κ1) is 20.7. The van der Waals surface area contributed by atoms with Gasteiger partial charge in [0.1, 0.15) is 5.75 Å². The van der Waals surface area contributed by atoms with Crippen molar-refractivity contribution in [3.05, 3.63) is 42.2 Å². The van der Waals surface area contributed by atoms with Crippen molar-refractivity contribution in [2.45, 2.75) is 40.6 Å². The fraction of sp³-hybridized carbons (Fsp3) is 0.421. The number of hydrogen-bond donors (Lipinski definition) is 1. The van der Waals surface area contributed by atoms with Gasteiger partial charge < -0.3 is 14.6 Å². The van der Waals surface area contributed by atoms with E-state index in [0.29, 0.717) is 24.1 Å². The van der Waals surface area contributed by atoms with E-state index in [1.165, 1.54) is 0 Å². The number of aryl methyl sites for hydroxylation is 1. The number of rotatable bonds is 6. The van der Waals surface area contributed by atoms with Crippen molar-refractivity contribution in [2.24, 2.45) is 7.05 Å². The van der Waals surface area contributed by atoms with Gasteiger partial charge in [0.05, 0.1) is 0 Å². The fourth-order valence-electron chi connectivity index (χ4n) is 3.15. The number of thioether (sulfide) groups is 2. The topological polar surface area (TPSA) is 102 Å². The summed E-state index contributed by atoms with van der Waals surface area (Å²) < 4.78 is 7.24. The molecule has 1 aliphatic rings. The summed E-state index contributed by atoms with van der Waals surface area (Å²) in [6.07, 6.45) is 5.02. The molecule has 2 aromatic heterocycles. The Balaban J connectivity index is 1.25. The van der Waals surface area contributed by atoms with E-state index in [1.54, 1.807) is 39.3 Å². The molecule has 1 aromatic carbocycles. The van der Waals surface area contributed by atoms with Gasteiger partial charge in [0, 0.05) is 43.0 Å². The van der Waals surface area contributed by atoms with Gasteiger partial charge in [-0.15, -0.1) is 5.10 Å². The largest absolute Gasteiger partial charge is 0.415 e. The molecule has 0 bridgehead atoms. The number of aromatic nitrogens is 6. The Labute approximate surface area is 183 Å². The van der Waals surface area contributed by atoms with Crippen molar-refractivity contribution in [2.75, 3.05) is 13.1 Å². The summed E-state index contributed by atoms with van der Waals surface area (Å²) in [5.41, 5.74) is 1.15. The maximum atomic E-state index is 12.5. The van der Waals surface area contributed by atoms with Crippen LogP contribution in [0.3, 0.4) is 0 Å². The SMILES string of the molecule is CC(Sc1ncc[nH]1)c1ccc(OC(=O)N2CCC(Sc3nnnn3C)CC2)cc1. The second-order valence-electron chi connectivity index (χ2n) is 6.98. The second-order valence-corrected chi connectivity index (χ2v) is 9.58. The maximum absolute atomic E-state index is 12.5. The molecule has 30 heavy (non-hydrogen) atoms. The first-order valence-electron chi connectivity index (χ1n) is 9.70. The van der Waals surface area contributed by atoms with Gasteiger partial charge in [-0.3, -0.25) is 0 Å². The van der Waals surface area contributed by atoms with Crippen LogP contribution in [-0.4, -0.2) is 59.5 Å². The van der Waals surface area contributed by atoms with Crippen molar-refractivity contribution < 1.29 is 9.53 Å². The van der Waals surface area contributed by atoms with E-state index in [2.05, 4.69) is 32.4 Å². The monoisotopic (exact) mass is 445 g/mol. The number of H-pyrrole nitrogens is 1. The van der Waals surface area contributed by atoms with Crippen LogP contribution in [-0.2, 0) is 7.05 Å². The summed E-state index contributed by atoms with van der Waals surface area (Å²) in [5, 5.41) is 13.8. The zero-order chi connectivity index (χ0) is 20.9. The van der Waals surface area contributed by atoms with E-state index < -0.39 is 0 Å². The molecule has 1 fully saturated rings. The van der Waals surface area contributed by atoms with Gasteiger partial charge in [-0.2, -0.15) is 0 Å². The smallest absolute Gasteiger partial charge is 0.410 e. The van der Waals surface area contributed by atoms with Crippen LogP contribution >= 0.6 is 23.5 Å². The number of imidazole rings is 1. The number of piperidine rings is 1. The van der Waals surface area contributed by atoms with E-state index in [1.807, 2.05) is 37.5 Å². The molecule has 0 radical (unpaired) electrons. The molecular weight excluding hydrogens is 422 g/mol. The van der Waals surface area contributed by atoms with Crippen molar-refractivity contribution in [3.8, 4) is 5.75 Å². The Morgan fingerprint density at radius 1 is 1.27 bits per heavy atom. The maximum Gasteiger partial charge on any atom is 0.415 e. The summed E-state index contributed by atoms with van der Waals surface area (Å²) in [5.74, 6) is 0.556. The molecule has 11 heteroatoms. The van der Waals surface area contributed by atoms with Gasteiger partial charge in [0.2, 0.25) is 5.16 Å². The third kappa shape index (κ3) is 5.14. The molecular formula is C19H23N7O2S2. The van der Waals surface area contributed by atoms with Crippen molar-refractivity contribution in [1.82, 2.24) is 35.1 Å². The van der Waals surface area contributed by atoms with Gasteiger partial charge in [-0.25, -0.2) is 14.5 Å². The Morgan fingerprint density at radius 3 is 2.67 bits per heavy atom. The van der Waals surface area contributed by atoms with Crippen LogP contribution in [0.5, 0.6) is 5.75 Å². The van der Waals surface area contributed by atoms with Crippen LogP contribution in [0.15, 0.2) is 47.0 Å². The highest BCUT2D eigenvalue weighted by molar-refractivity contribution is 7.99. The Morgan fingerprint density at radius 2 is 2.03 bits per heavy atom. The fourth-order valence-corrected chi connectivity index (χ4v) is 5.05. The third-order valence-corrected chi connectivity index (χ3v) is 7.30. The number of aromatic amines is 1. The molecule has 1 N–H and O–H groups in total. The van der Waals surface area contributed by atoms with Crippen LogP contribution in [0.4, 0.5) is 4.79 Å². The van der Waals surface area contributed by atoms with Crippen molar-refractivity contribution in [3.63, 3.8) is 0 Å². The number of amides is 1. The zero-order valence-corrected chi connectivity index (χ0v) is 18.4. The minimum Gasteiger partial charge on any atom is -0.410 e. The highest BCUT2D eigenvalue weighted by Crippen LogP contribution is 2.33. The first-order chi connectivity index (χ1) is 14.6. The average molecular weight is 446 g/mol. The summed E-state index contributed by atoms with van der Waals surface area (Å²) in [6.45, 7) is 3.45. The number of ether oxygens (including phenoxy) is 1. The standard InChI is InChI=1S/C19H23N7O2S2/c1-13(29-17-20-9-10-21-17)14-3-5-15(6-4-14)28-19(27)26-11-7-16(8-12-26)30-18-22-23-24-25(18)2/h3-6,9-10,13,16H,7-8,11-12H2,1-2H3,(H,20,21). The molecule has 0 spiro atoms. The molecule has 3 aromatic rings. The summed E-state index contributed by atoms with van der Waals surface area (Å²) in [6, 6.07) is 7.66. The zero-order valence-electron chi connectivity index (χ0n) is 16.8. The molecule has 0 saturated carbocycles. The lowest BCUT2D eigenvalue weighted by molar-refractivity contribution is 0.143. The van der Waals surface area contributed by atoms with Gasteiger partial charge in [0.25, 0.3) is 0 Å². The normalized spacial score (nSPS) is 15.9. The molecule has 4 rings (SSSR count). The lowest BCUT2D eigenvalue weighted by Gasteiger charge is -2.30.